The number of para-hydroxylation sites is 1. The van der Waals surface area contributed by atoms with E-state index in [1.807, 2.05) is 11.3 Å². The molecule has 0 amide bonds. The molecular weight excluding hydrogens is 647 g/mol. The summed E-state index contributed by atoms with van der Waals surface area (Å²) < 4.78 is 2.61. The van der Waals surface area contributed by atoms with Crippen LogP contribution in [-0.2, 0) is 0 Å². The molecule has 1 nitrogen and oxygen atoms in total. The molecule has 0 aliphatic heterocycles. The molecule has 0 saturated carbocycles. The van der Waals surface area contributed by atoms with Crippen molar-refractivity contribution in [2.45, 2.75) is 0 Å². The molecule has 0 saturated heterocycles. The van der Waals surface area contributed by atoms with E-state index in [0.717, 1.165) is 17.1 Å². The van der Waals surface area contributed by atoms with Gasteiger partial charge in [-0.15, -0.1) is 11.3 Å². The van der Waals surface area contributed by atoms with Crippen molar-refractivity contribution in [1.29, 1.82) is 0 Å². The first-order valence-corrected chi connectivity index (χ1v) is 18.6. The van der Waals surface area contributed by atoms with Gasteiger partial charge in [-0.2, -0.15) is 0 Å². The lowest BCUT2D eigenvalue weighted by Crippen LogP contribution is -2.11. The number of anilines is 3. The summed E-state index contributed by atoms with van der Waals surface area (Å²) in [5.41, 5.74) is 10.6. The van der Waals surface area contributed by atoms with E-state index in [-0.39, 0.29) is 0 Å². The Morgan fingerprint density at radius 2 is 0.885 bits per heavy atom. The maximum atomic E-state index is 2.43. The molecule has 244 valence electrons. The lowest BCUT2D eigenvalue weighted by Gasteiger charge is -2.28. The Balaban J connectivity index is 1.12. The molecule has 1 aromatic heterocycles. The topological polar surface area (TPSA) is 3.24 Å². The summed E-state index contributed by atoms with van der Waals surface area (Å²) in [5, 5.41) is 7.53. The van der Waals surface area contributed by atoms with Gasteiger partial charge in [0, 0.05) is 37.1 Å². The highest BCUT2D eigenvalue weighted by Gasteiger charge is 2.19. The normalized spacial score (nSPS) is 11.5. The molecule has 0 unspecified atom stereocenters. The van der Waals surface area contributed by atoms with Gasteiger partial charge in [-0.05, 0) is 110 Å². The number of hydrogen-bond acceptors (Lipinski definition) is 2. The van der Waals surface area contributed by atoms with Crippen molar-refractivity contribution < 1.29 is 0 Å². The zero-order chi connectivity index (χ0) is 34.4. The van der Waals surface area contributed by atoms with Gasteiger partial charge in [0.05, 0.1) is 5.69 Å². The molecule has 10 aromatic rings. The average molecular weight is 680 g/mol. The molecule has 0 spiro atoms. The van der Waals surface area contributed by atoms with Crippen LogP contribution in [0.15, 0.2) is 200 Å². The van der Waals surface area contributed by atoms with E-state index in [1.54, 1.807) is 0 Å². The molecule has 0 aliphatic rings. The van der Waals surface area contributed by atoms with Gasteiger partial charge in [-0.1, -0.05) is 140 Å². The molecule has 0 atom stereocenters. The fourth-order valence-corrected chi connectivity index (χ4v) is 8.70. The van der Waals surface area contributed by atoms with Crippen LogP contribution in [0.3, 0.4) is 0 Å². The van der Waals surface area contributed by atoms with Gasteiger partial charge < -0.3 is 4.90 Å². The highest BCUT2D eigenvalue weighted by Crippen LogP contribution is 2.44. The fraction of sp³-hybridized carbons (Fsp3) is 0. The first kappa shape index (κ1) is 30.4. The number of rotatable bonds is 6. The summed E-state index contributed by atoms with van der Waals surface area (Å²) in [4.78, 5) is 2.43. The Labute approximate surface area is 307 Å². The van der Waals surface area contributed by atoms with Crippen LogP contribution in [0.1, 0.15) is 0 Å². The summed E-state index contributed by atoms with van der Waals surface area (Å²) in [6, 6.07) is 73.1. The number of fused-ring (bicyclic) bond motifs is 5. The Hall–Kier alpha value is -6.48. The summed E-state index contributed by atoms with van der Waals surface area (Å²) in [7, 11) is 0. The van der Waals surface area contributed by atoms with Crippen LogP contribution in [-0.4, -0.2) is 0 Å². The predicted molar refractivity (Wildman–Crippen MR) is 225 cm³/mol. The van der Waals surface area contributed by atoms with Crippen LogP contribution in [0.5, 0.6) is 0 Å². The molecule has 0 fully saturated rings. The fourth-order valence-electron chi connectivity index (χ4n) is 7.61. The van der Waals surface area contributed by atoms with E-state index in [9.17, 15) is 0 Å². The van der Waals surface area contributed by atoms with Crippen molar-refractivity contribution in [3.8, 4) is 33.4 Å². The van der Waals surface area contributed by atoms with Gasteiger partial charge in [0.1, 0.15) is 0 Å². The van der Waals surface area contributed by atoms with Crippen LogP contribution in [0.25, 0.3) is 75.1 Å². The van der Waals surface area contributed by atoms with E-state index < -0.39 is 0 Å². The minimum Gasteiger partial charge on any atom is -0.310 e. The van der Waals surface area contributed by atoms with Crippen LogP contribution in [0, 0.1) is 0 Å². The SMILES string of the molecule is c1ccc(-c2ccccc2N(c2ccc3ccc(-c4cccc(-c5ccc6ccccc6c5)c4)cc3c2)c2ccc3sc4ccccc4c3c2)cc1. The molecule has 10 rings (SSSR count). The Morgan fingerprint density at radius 3 is 1.73 bits per heavy atom. The molecular formula is C50H33NS. The van der Waals surface area contributed by atoms with Crippen molar-refractivity contribution in [1.82, 2.24) is 0 Å². The molecule has 9 aromatic carbocycles. The lowest BCUT2D eigenvalue weighted by atomic mass is 9.96. The third-order valence-electron chi connectivity index (χ3n) is 10.2. The second-order valence-electron chi connectivity index (χ2n) is 13.4. The van der Waals surface area contributed by atoms with Gasteiger partial charge in [-0.25, -0.2) is 0 Å². The molecule has 0 radical (unpaired) electrons. The molecule has 0 aliphatic carbocycles. The third-order valence-corrected chi connectivity index (χ3v) is 11.4. The summed E-state index contributed by atoms with van der Waals surface area (Å²) >= 11 is 1.86. The second kappa shape index (κ2) is 12.7. The first-order chi connectivity index (χ1) is 25.7. The largest absolute Gasteiger partial charge is 0.310 e. The molecule has 0 bridgehead atoms. The van der Waals surface area contributed by atoms with Crippen LogP contribution in [0.2, 0.25) is 0 Å². The lowest BCUT2D eigenvalue weighted by molar-refractivity contribution is 1.29. The summed E-state index contributed by atoms with van der Waals surface area (Å²) in [6.45, 7) is 0. The smallest absolute Gasteiger partial charge is 0.0540 e. The van der Waals surface area contributed by atoms with Crippen LogP contribution >= 0.6 is 11.3 Å². The number of nitrogens with zero attached hydrogens (tertiary/aromatic N) is 1. The monoisotopic (exact) mass is 679 g/mol. The van der Waals surface area contributed by atoms with Crippen molar-refractivity contribution in [3.05, 3.63) is 200 Å². The Bertz CT molecular complexity index is 2920. The van der Waals surface area contributed by atoms with E-state index >= 15 is 0 Å². The minimum absolute atomic E-state index is 1.12. The summed E-state index contributed by atoms with van der Waals surface area (Å²) in [5.74, 6) is 0. The Morgan fingerprint density at radius 1 is 0.308 bits per heavy atom. The third kappa shape index (κ3) is 5.42. The first-order valence-electron chi connectivity index (χ1n) is 17.7. The Kier molecular flexibility index (Phi) is 7.41. The second-order valence-corrected chi connectivity index (χ2v) is 14.5. The zero-order valence-electron chi connectivity index (χ0n) is 28.4. The van der Waals surface area contributed by atoms with E-state index in [4.69, 9.17) is 0 Å². The molecule has 1 heterocycles. The van der Waals surface area contributed by atoms with E-state index in [0.29, 0.717) is 0 Å². The quantitative estimate of drug-likeness (QED) is 0.169. The van der Waals surface area contributed by atoms with Gasteiger partial charge in [0.2, 0.25) is 0 Å². The van der Waals surface area contributed by atoms with Crippen molar-refractivity contribution in [2.24, 2.45) is 0 Å². The average Bonchev–Trinajstić information content (AvgIpc) is 3.59. The highest BCUT2D eigenvalue weighted by molar-refractivity contribution is 7.25. The number of benzene rings is 9. The van der Waals surface area contributed by atoms with Gasteiger partial charge in [0.25, 0.3) is 0 Å². The van der Waals surface area contributed by atoms with Crippen molar-refractivity contribution in [3.63, 3.8) is 0 Å². The minimum atomic E-state index is 1.12. The molecule has 52 heavy (non-hydrogen) atoms. The number of thiophene rings is 1. The van der Waals surface area contributed by atoms with E-state index in [1.165, 1.54) is 75.1 Å². The maximum Gasteiger partial charge on any atom is 0.0540 e. The standard InChI is InChI=1S/C50H33NS/c1-2-12-36(13-3-1)45-17-6-8-19-48(45)51(44-27-28-50-47(33-44)46-18-7-9-20-49(46)52-50)43-26-25-35-22-24-41(31-42(35)32-43)39-16-10-15-38(30-39)40-23-21-34-11-4-5-14-37(34)29-40/h1-33H. The van der Waals surface area contributed by atoms with Crippen LogP contribution < -0.4 is 4.90 Å². The maximum absolute atomic E-state index is 2.43. The molecule has 2 heteroatoms. The summed E-state index contributed by atoms with van der Waals surface area (Å²) in [6.07, 6.45) is 0. The highest BCUT2D eigenvalue weighted by atomic mass is 32.1. The zero-order valence-corrected chi connectivity index (χ0v) is 29.2. The van der Waals surface area contributed by atoms with Crippen molar-refractivity contribution in [2.75, 3.05) is 4.90 Å². The van der Waals surface area contributed by atoms with E-state index in [2.05, 4.69) is 205 Å². The van der Waals surface area contributed by atoms with Crippen molar-refractivity contribution >= 4 is 70.1 Å². The molecule has 0 N–H and O–H groups in total. The van der Waals surface area contributed by atoms with Gasteiger partial charge in [-0.3, -0.25) is 0 Å². The number of hydrogen-bond donors (Lipinski definition) is 0. The predicted octanol–water partition coefficient (Wildman–Crippen LogP) is 14.8. The van der Waals surface area contributed by atoms with Crippen LogP contribution in [0.4, 0.5) is 17.1 Å². The van der Waals surface area contributed by atoms with Gasteiger partial charge >= 0.3 is 0 Å². The van der Waals surface area contributed by atoms with Gasteiger partial charge in [0.15, 0.2) is 0 Å².